The molecule has 0 spiro atoms. The molecule has 0 saturated carbocycles. The Labute approximate surface area is 270 Å². The van der Waals surface area contributed by atoms with Gasteiger partial charge in [-0.3, -0.25) is 0 Å². The smallest absolute Gasteiger partial charge is 0.188 e. The molecule has 0 aliphatic carbocycles. The van der Waals surface area contributed by atoms with Crippen LogP contribution >= 0.6 is 0 Å². The van der Waals surface area contributed by atoms with E-state index in [0.29, 0.717) is 22.4 Å². The van der Waals surface area contributed by atoms with Gasteiger partial charge in [0.2, 0.25) is 0 Å². The lowest BCUT2D eigenvalue weighted by Crippen LogP contribution is -1.96. The molecule has 6 nitrogen and oxygen atoms in total. The predicted molar refractivity (Wildman–Crippen MR) is 185 cm³/mol. The summed E-state index contributed by atoms with van der Waals surface area (Å²) in [5, 5.41) is 32.3. The van der Waals surface area contributed by atoms with Gasteiger partial charge in [0, 0.05) is 27.5 Å². The monoisotopic (exact) mass is 598 g/mol. The van der Waals surface area contributed by atoms with E-state index in [4.69, 9.17) is 6.57 Å². The number of hydrogen-bond acceptors (Lipinski definition) is 3. The van der Waals surface area contributed by atoms with Crippen LogP contribution < -0.4 is 0 Å². The van der Waals surface area contributed by atoms with Crippen LogP contribution in [0.5, 0.6) is 0 Å². The topological polar surface area (TPSA) is 85.6 Å². The van der Waals surface area contributed by atoms with E-state index in [1.54, 1.807) is 0 Å². The predicted octanol–water partition coefficient (Wildman–Crippen LogP) is 9.64. The van der Waals surface area contributed by atoms with Gasteiger partial charge in [-0.1, -0.05) is 30.3 Å². The molecule has 6 aromatic carbocycles. The van der Waals surface area contributed by atoms with E-state index in [0.717, 1.165) is 61.4 Å². The van der Waals surface area contributed by atoms with E-state index in [9.17, 15) is 15.8 Å². The van der Waals surface area contributed by atoms with Crippen molar-refractivity contribution in [2.75, 3.05) is 0 Å². The van der Waals surface area contributed by atoms with Crippen LogP contribution in [0.4, 0.5) is 5.69 Å². The molecular formula is C41H22N6. The molecule has 8 rings (SSSR count). The summed E-state index contributed by atoms with van der Waals surface area (Å²) in [5.74, 6) is 0. The first-order valence-electron chi connectivity index (χ1n) is 15.0. The van der Waals surface area contributed by atoms with Crippen LogP contribution in [0, 0.1) is 40.6 Å². The van der Waals surface area contributed by atoms with Gasteiger partial charge in [-0.15, -0.1) is 0 Å². The highest BCUT2D eigenvalue weighted by atomic mass is 15.0. The van der Waals surface area contributed by atoms with Crippen molar-refractivity contribution in [2.24, 2.45) is 0 Å². The molecule has 2 heterocycles. The Bertz CT molecular complexity index is 2400. The molecule has 0 aliphatic heterocycles. The summed E-state index contributed by atoms with van der Waals surface area (Å²) < 4.78 is 4.36. The van der Waals surface area contributed by atoms with Crippen molar-refractivity contribution in [2.45, 2.75) is 6.42 Å². The number of nitrogens with zero attached hydrogens (tertiary/aromatic N) is 6. The van der Waals surface area contributed by atoms with Crippen molar-refractivity contribution >= 4 is 49.3 Å². The van der Waals surface area contributed by atoms with Crippen molar-refractivity contribution < 1.29 is 0 Å². The minimum atomic E-state index is 0.569. The Balaban J connectivity index is 1.13. The highest BCUT2D eigenvalue weighted by Gasteiger charge is 2.15. The second-order valence-corrected chi connectivity index (χ2v) is 11.5. The van der Waals surface area contributed by atoms with Gasteiger partial charge in [0.25, 0.3) is 0 Å². The first kappa shape index (κ1) is 27.4. The van der Waals surface area contributed by atoms with Gasteiger partial charge >= 0.3 is 0 Å². The van der Waals surface area contributed by atoms with Crippen LogP contribution in [0.25, 0.3) is 59.8 Å². The highest BCUT2D eigenvalue weighted by Crippen LogP contribution is 2.36. The molecule has 6 heteroatoms. The summed E-state index contributed by atoms with van der Waals surface area (Å²) in [6.45, 7) is 7.48. The fraction of sp³-hybridized carbons (Fsp3) is 0.0244. The lowest BCUT2D eigenvalue weighted by atomic mass is 10.0. The van der Waals surface area contributed by atoms with E-state index < -0.39 is 0 Å². The van der Waals surface area contributed by atoms with Gasteiger partial charge in [0.1, 0.15) is 0 Å². The van der Waals surface area contributed by atoms with E-state index in [-0.39, 0.29) is 0 Å². The average molecular weight is 599 g/mol. The molecule has 8 aromatic rings. The number of rotatable bonds is 4. The number of hydrogen-bond donors (Lipinski definition) is 0. The third-order valence-corrected chi connectivity index (χ3v) is 8.83. The molecule has 216 valence electrons. The van der Waals surface area contributed by atoms with Crippen molar-refractivity contribution in [3.8, 4) is 29.6 Å². The molecule has 0 saturated heterocycles. The van der Waals surface area contributed by atoms with Gasteiger partial charge < -0.3 is 9.13 Å². The first-order valence-corrected chi connectivity index (χ1v) is 15.0. The molecule has 0 amide bonds. The highest BCUT2D eigenvalue weighted by molar-refractivity contribution is 6.11. The summed E-state index contributed by atoms with van der Waals surface area (Å²) in [7, 11) is 0. The zero-order chi connectivity index (χ0) is 32.1. The van der Waals surface area contributed by atoms with Crippen LogP contribution in [0.15, 0.2) is 121 Å². The third kappa shape index (κ3) is 4.46. The van der Waals surface area contributed by atoms with Crippen LogP contribution in [0.1, 0.15) is 27.8 Å². The maximum absolute atomic E-state index is 9.50. The van der Waals surface area contributed by atoms with Gasteiger partial charge in [-0.25, -0.2) is 4.85 Å². The summed E-state index contributed by atoms with van der Waals surface area (Å²) >= 11 is 0. The molecule has 0 atom stereocenters. The Morgan fingerprint density at radius 3 is 1.19 bits per heavy atom. The van der Waals surface area contributed by atoms with Crippen molar-refractivity contribution in [1.82, 2.24) is 9.13 Å². The largest absolute Gasteiger partial charge is 0.309 e. The van der Waals surface area contributed by atoms with Crippen LogP contribution in [-0.2, 0) is 6.42 Å². The normalized spacial score (nSPS) is 11.0. The molecule has 0 radical (unpaired) electrons. The van der Waals surface area contributed by atoms with E-state index >= 15 is 0 Å². The molecular weight excluding hydrogens is 576 g/mol. The SMILES string of the molecule is [C-]#[N+]c1ccc2c(c1)c1cc(C#N)ccc1n2-c1ccc(Cc2ccc(-n3c4ccc(C#N)cc4c4cc(C#N)ccc43)cc2)cc1. The average Bonchev–Trinajstić information content (AvgIpc) is 3.63. The minimum absolute atomic E-state index is 0.569. The fourth-order valence-corrected chi connectivity index (χ4v) is 6.63. The van der Waals surface area contributed by atoms with Crippen LogP contribution in [0.3, 0.4) is 0 Å². The number of nitriles is 3. The minimum Gasteiger partial charge on any atom is -0.309 e. The second-order valence-electron chi connectivity index (χ2n) is 11.5. The van der Waals surface area contributed by atoms with Crippen LogP contribution in [-0.4, -0.2) is 9.13 Å². The molecule has 0 N–H and O–H groups in total. The standard InChI is InChI=1S/C41H22N6/c1-45-31-9-17-41-37(22-31)36-21-30(25-44)8-16-40(36)47(41)33-12-4-27(5-13-33)18-26-2-10-32(11-3-26)46-38-14-6-28(23-42)19-34(38)35-20-29(24-43)7-15-39(35)46/h2-17,19-22H,18H2. The summed E-state index contributed by atoms with van der Waals surface area (Å²) in [6, 6.07) is 46.5. The molecule has 47 heavy (non-hydrogen) atoms. The van der Waals surface area contributed by atoms with Crippen LogP contribution in [0.2, 0.25) is 0 Å². The lowest BCUT2D eigenvalue weighted by Gasteiger charge is -2.11. The Kier molecular flexibility index (Phi) is 6.30. The van der Waals surface area contributed by atoms with E-state index in [1.165, 1.54) is 11.1 Å². The zero-order valence-electron chi connectivity index (χ0n) is 24.9. The quantitative estimate of drug-likeness (QED) is 0.189. The fourth-order valence-electron chi connectivity index (χ4n) is 6.63. The van der Waals surface area contributed by atoms with E-state index in [2.05, 4.69) is 80.7 Å². The molecule has 0 bridgehead atoms. The van der Waals surface area contributed by atoms with Gasteiger partial charge in [-0.2, -0.15) is 15.8 Å². The Morgan fingerprint density at radius 1 is 0.468 bits per heavy atom. The zero-order valence-corrected chi connectivity index (χ0v) is 24.9. The Morgan fingerprint density at radius 2 is 0.830 bits per heavy atom. The number of fused-ring (bicyclic) bond motifs is 6. The third-order valence-electron chi connectivity index (χ3n) is 8.83. The number of aromatic nitrogens is 2. The maximum atomic E-state index is 9.50. The first-order chi connectivity index (χ1) is 23.1. The Hall–Kier alpha value is -7.12. The van der Waals surface area contributed by atoms with Crippen molar-refractivity contribution in [1.29, 1.82) is 15.8 Å². The summed E-state index contributed by atoms with van der Waals surface area (Å²) in [6.07, 6.45) is 0.762. The maximum Gasteiger partial charge on any atom is 0.188 e. The molecule has 0 aliphatic rings. The lowest BCUT2D eigenvalue weighted by molar-refractivity contribution is 1.13. The number of benzene rings is 6. The second kappa shape index (κ2) is 10.8. The summed E-state index contributed by atoms with van der Waals surface area (Å²) in [4.78, 5) is 3.62. The molecule has 0 fully saturated rings. The van der Waals surface area contributed by atoms with Gasteiger partial charge in [0.05, 0.1) is 63.5 Å². The molecule has 2 aromatic heterocycles. The van der Waals surface area contributed by atoms with E-state index in [1.807, 2.05) is 72.8 Å². The molecule has 0 unspecified atom stereocenters. The van der Waals surface area contributed by atoms with Crippen molar-refractivity contribution in [3.63, 3.8) is 0 Å². The van der Waals surface area contributed by atoms with Crippen molar-refractivity contribution in [3.05, 3.63) is 161 Å². The van der Waals surface area contributed by atoms with Gasteiger partial charge in [-0.05, 0) is 114 Å². The van der Waals surface area contributed by atoms with Gasteiger partial charge in [0.15, 0.2) is 5.69 Å². The summed E-state index contributed by atoms with van der Waals surface area (Å²) in [5.41, 5.74) is 10.6.